The van der Waals surface area contributed by atoms with E-state index in [2.05, 4.69) is 18.2 Å². The molecule has 2 aromatic rings. The van der Waals surface area contributed by atoms with Crippen LogP contribution in [0.4, 0.5) is 5.69 Å². The second kappa shape index (κ2) is 3.81. The predicted molar refractivity (Wildman–Crippen MR) is 69.2 cm³/mol. The molecule has 0 unspecified atom stereocenters. The molecule has 0 aromatic heterocycles. The zero-order chi connectivity index (χ0) is 11.8. The number of anilines is 1. The molecule has 2 aromatic carbocycles. The molecular weight excluding hydrogens is 210 g/mol. The van der Waals surface area contributed by atoms with Crippen molar-refractivity contribution in [2.24, 2.45) is 0 Å². The van der Waals surface area contributed by atoms with E-state index < -0.39 is 0 Å². The van der Waals surface area contributed by atoms with E-state index >= 15 is 0 Å². The van der Waals surface area contributed by atoms with Gasteiger partial charge in [-0.3, -0.25) is 0 Å². The number of fused-ring (bicyclic) bond motifs is 2. The Labute approximate surface area is 101 Å². The first kappa shape index (κ1) is 10.2. The third-order valence-electron chi connectivity index (χ3n) is 3.40. The van der Waals surface area contributed by atoms with Crippen molar-refractivity contribution < 1.29 is 4.74 Å². The summed E-state index contributed by atoms with van der Waals surface area (Å²) in [6, 6.07) is 12.3. The normalized spacial score (nSPS) is 13.2. The van der Waals surface area contributed by atoms with Gasteiger partial charge in [0.05, 0.1) is 0 Å². The summed E-state index contributed by atoms with van der Waals surface area (Å²) < 4.78 is 5.81. The van der Waals surface area contributed by atoms with E-state index in [1.807, 2.05) is 25.1 Å². The standard InChI is InChI=1S/C15H15NO/c1-10-6-7-12-9-17-14-5-3-2-4-11(14)8-13(12)15(10)16/h2-7H,8-9,16H2,1H3. The fraction of sp³-hybridized carbons (Fsp3) is 0.200. The molecule has 2 nitrogen and oxygen atoms in total. The molecule has 0 saturated heterocycles. The van der Waals surface area contributed by atoms with Gasteiger partial charge in [-0.2, -0.15) is 0 Å². The summed E-state index contributed by atoms with van der Waals surface area (Å²) in [6.45, 7) is 2.66. The highest BCUT2D eigenvalue weighted by atomic mass is 16.5. The Morgan fingerprint density at radius 1 is 1.06 bits per heavy atom. The van der Waals surface area contributed by atoms with Crippen LogP contribution in [0.25, 0.3) is 0 Å². The molecule has 0 atom stereocenters. The summed E-state index contributed by atoms with van der Waals surface area (Å²) in [4.78, 5) is 0. The van der Waals surface area contributed by atoms with E-state index in [9.17, 15) is 0 Å². The lowest BCUT2D eigenvalue weighted by atomic mass is 9.96. The Morgan fingerprint density at radius 2 is 1.88 bits per heavy atom. The molecule has 0 fully saturated rings. The van der Waals surface area contributed by atoms with E-state index in [0.29, 0.717) is 6.61 Å². The molecule has 0 spiro atoms. The minimum absolute atomic E-state index is 0.608. The maximum atomic E-state index is 6.17. The molecule has 0 saturated carbocycles. The molecule has 0 radical (unpaired) electrons. The SMILES string of the molecule is Cc1ccc2c(c1N)Cc1ccccc1OC2. The van der Waals surface area contributed by atoms with Crippen LogP contribution in [-0.2, 0) is 13.0 Å². The number of nitrogens with two attached hydrogens (primary N) is 1. The maximum Gasteiger partial charge on any atom is 0.123 e. The minimum Gasteiger partial charge on any atom is -0.489 e. The van der Waals surface area contributed by atoms with E-state index in [4.69, 9.17) is 10.5 Å². The number of nitrogen functional groups attached to an aromatic ring is 1. The molecular formula is C15H15NO. The number of rotatable bonds is 0. The van der Waals surface area contributed by atoms with Crippen LogP contribution in [0.2, 0.25) is 0 Å². The van der Waals surface area contributed by atoms with Crippen molar-refractivity contribution >= 4 is 5.69 Å². The van der Waals surface area contributed by atoms with Crippen molar-refractivity contribution in [1.29, 1.82) is 0 Å². The number of para-hydroxylation sites is 1. The topological polar surface area (TPSA) is 35.2 Å². The molecule has 3 rings (SSSR count). The average molecular weight is 225 g/mol. The Morgan fingerprint density at radius 3 is 2.76 bits per heavy atom. The van der Waals surface area contributed by atoms with Gasteiger partial charge in [-0.1, -0.05) is 30.3 Å². The molecule has 1 aliphatic heterocycles. The van der Waals surface area contributed by atoms with Crippen molar-refractivity contribution in [3.8, 4) is 5.75 Å². The third kappa shape index (κ3) is 1.66. The summed E-state index contributed by atoms with van der Waals surface area (Å²) >= 11 is 0. The second-order valence-corrected chi connectivity index (χ2v) is 4.51. The van der Waals surface area contributed by atoms with Crippen molar-refractivity contribution in [2.45, 2.75) is 20.0 Å². The zero-order valence-electron chi connectivity index (χ0n) is 9.86. The average Bonchev–Trinajstić information content (AvgIpc) is 2.54. The Bertz CT molecular complexity index is 575. The lowest BCUT2D eigenvalue weighted by Gasteiger charge is -2.10. The van der Waals surface area contributed by atoms with Crippen molar-refractivity contribution in [1.82, 2.24) is 0 Å². The molecule has 1 aliphatic rings. The molecule has 0 amide bonds. The van der Waals surface area contributed by atoms with Gasteiger partial charge >= 0.3 is 0 Å². The van der Waals surface area contributed by atoms with Crippen LogP contribution >= 0.6 is 0 Å². The van der Waals surface area contributed by atoms with Gasteiger partial charge in [-0.15, -0.1) is 0 Å². The molecule has 17 heavy (non-hydrogen) atoms. The van der Waals surface area contributed by atoms with E-state index in [1.165, 1.54) is 16.7 Å². The fourth-order valence-electron chi connectivity index (χ4n) is 2.31. The highest BCUT2D eigenvalue weighted by molar-refractivity contribution is 5.59. The molecule has 1 heterocycles. The zero-order valence-corrected chi connectivity index (χ0v) is 9.86. The summed E-state index contributed by atoms with van der Waals surface area (Å²) in [5.74, 6) is 0.973. The van der Waals surface area contributed by atoms with E-state index in [0.717, 1.165) is 23.4 Å². The van der Waals surface area contributed by atoms with Gasteiger partial charge in [0.1, 0.15) is 12.4 Å². The van der Waals surface area contributed by atoms with Gasteiger partial charge < -0.3 is 10.5 Å². The van der Waals surface area contributed by atoms with Crippen LogP contribution in [-0.4, -0.2) is 0 Å². The van der Waals surface area contributed by atoms with Crippen LogP contribution in [0.1, 0.15) is 22.3 Å². The smallest absolute Gasteiger partial charge is 0.123 e. The highest BCUT2D eigenvalue weighted by Crippen LogP contribution is 2.32. The maximum absolute atomic E-state index is 6.17. The summed E-state index contributed by atoms with van der Waals surface area (Å²) in [6.07, 6.45) is 0.860. The number of aryl methyl sites for hydroxylation is 1. The van der Waals surface area contributed by atoms with Gasteiger partial charge in [0.25, 0.3) is 0 Å². The van der Waals surface area contributed by atoms with Crippen molar-refractivity contribution in [2.75, 3.05) is 5.73 Å². The first-order chi connectivity index (χ1) is 8.25. The third-order valence-corrected chi connectivity index (χ3v) is 3.40. The fourth-order valence-corrected chi connectivity index (χ4v) is 2.31. The van der Waals surface area contributed by atoms with Gasteiger partial charge in [-0.05, 0) is 35.2 Å². The molecule has 86 valence electrons. The van der Waals surface area contributed by atoms with Gasteiger partial charge in [0.2, 0.25) is 0 Å². The van der Waals surface area contributed by atoms with E-state index in [-0.39, 0.29) is 0 Å². The Hall–Kier alpha value is -1.96. The predicted octanol–water partition coefficient (Wildman–Crippen LogP) is 3.06. The van der Waals surface area contributed by atoms with Crippen molar-refractivity contribution in [3.63, 3.8) is 0 Å². The molecule has 0 bridgehead atoms. The van der Waals surface area contributed by atoms with Gasteiger partial charge in [0.15, 0.2) is 0 Å². The second-order valence-electron chi connectivity index (χ2n) is 4.51. The first-order valence-corrected chi connectivity index (χ1v) is 5.83. The number of hydrogen-bond acceptors (Lipinski definition) is 2. The number of ether oxygens (including phenoxy) is 1. The van der Waals surface area contributed by atoms with Gasteiger partial charge in [-0.25, -0.2) is 0 Å². The summed E-state index contributed by atoms with van der Waals surface area (Å²) in [7, 11) is 0. The quantitative estimate of drug-likeness (QED) is 0.699. The van der Waals surface area contributed by atoms with Crippen LogP contribution in [0, 0.1) is 6.92 Å². The van der Waals surface area contributed by atoms with Crippen LogP contribution in [0.15, 0.2) is 36.4 Å². The lowest BCUT2D eigenvalue weighted by Crippen LogP contribution is -2.02. The Kier molecular flexibility index (Phi) is 2.29. The van der Waals surface area contributed by atoms with Crippen LogP contribution in [0.5, 0.6) is 5.75 Å². The number of benzene rings is 2. The molecule has 2 N–H and O–H groups in total. The summed E-state index contributed by atoms with van der Waals surface area (Å²) in [5.41, 5.74) is 11.8. The minimum atomic E-state index is 0.608. The monoisotopic (exact) mass is 225 g/mol. The van der Waals surface area contributed by atoms with Gasteiger partial charge in [0, 0.05) is 12.1 Å². The first-order valence-electron chi connectivity index (χ1n) is 5.83. The number of hydrogen-bond donors (Lipinski definition) is 1. The van der Waals surface area contributed by atoms with Crippen molar-refractivity contribution in [3.05, 3.63) is 58.7 Å². The van der Waals surface area contributed by atoms with Crippen LogP contribution in [0.3, 0.4) is 0 Å². The molecule has 2 heteroatoms. The summed E-state index contributed by atoms with van der Waals surface area (Å²) in [5, 5.41) is 0. The van der Waals surface area contributed by atoms with Crippen LogP contribution < -0.4 is 10.5 Å². The largest absolute Gasteiger partial charge is 0.489 e. The Balaban J connectivity index is 2.15. The van der Waals surface area contributed by atoms with E-state index in [1.54, 1.807) is 0 Å². The lowest BCUT2D eigenvalue weighted by molar-refractivity contribution is 0.307. The molecule has 0 aliphatic carbocycles. The highest BCUT2D eigenvalue weighted by Gasteiger charge is 2.16.